The highest BCUT2D eigenvalue weighted by atomic mass is 35.5. The average molecular weight is 405 g/mol. The second kappa shape index (κ2) is 8.31. The van der Waals surface area contributed by atoms with E-state index < -0.39 is 11.7 Å². The van der Waals surface area contributed by atoms with Crippen molar-refractivity contribution in [1.29, 1.82) is 0 Å². The molecule has 28 heavy (non-hydrogen) atoms. The summed E-state index contributed by atoms with van der Waals surface area (Å²) in [4.78, 5) is 12.5. The highest BCUT2D eigenvalue weighted by Gasteiger charge is 2.15. The van der Waals surface area contributed by atoms with Gasteiger partial charge in [-0.3, -0.25) is 4.79 Å². The van der Waals surface area contributed by atoms with Gasteiger partial charge in [0.1, 0.15) is 18.2 Å². The first-order chi connectivity index (χ1) is 13.4. The summed E-state index contributed by atoms with van der Waals surface area (Å²) in [7, 11) is 1.47. The van der Waals surface area contributed by atoms with Crippen LogP contribution in [0.3, 0.4) is 0 Å². The van der Waals surface area contributed by atoms with E-state index in [0.29, 0.717) is 22.3 Å². The highest BCUT2D eigenvalue weighted by Crippen LogP contribution is 2.30. The van der Waals surface area contributed by atoms with Crippen molar-refractivity contribution >= 4 is 23.2 Å². The molecule has 0 aliphatic rings. The summed E-state index contributed by atoms with van der Waals surface area (Å²) in [5.74, 6) is 0.413. The maximum atomic E-state index is 13.8. The number of hydrogen-bond donors (Lipinski definition) is 1. The van der Waals surface area contributed by atoms with Crippen LogP contribution in [0, 0.1) is 19.7 Å². The van der Waals surface area contributed by atoms with Crippen LogP contribution in [0.4, 0.5) is 10.1 Å². The van der Waals surface area contributed by atoms with Crippen molar-refractivity contribution in [3.63, 3.8) is 0 Å². The van der Waals surface area contributed by atoms with E-state index in [0.717, 1.165) is 11.3 Å². The van der Waals surface area contributed by atoms with E-state index in [-0.39, 0.29) is 17.9 Å². The van der Waals surface area contributed by atoms with Gasteiger partial charge in [-0.15, -0.1) is 0 Å². The molecule has 1 aromatic heterocycles. The number of halogens is 2. The SMILES string of the molecule is COc1cc(C(=O)Nc2cc(Cl)ccc2F)ccc1OCc1c(C)noc1C. The fourth-order valence-corrected chi connectivity index (χ4v) is 2.75. The first-order valence-electron chi connectivity index (χ1n) is 8.38. The summed E-state index contributed by atoms with van der Waals surface area (Å²) >= 11 is 5.85. The minimum atomic E-state index is -0.580. The summed E-state index contributed by atoms with van der Waals surface area (Å²) in [6.45, 7) is 3.88. The second-order valence-corrected chi connectivity index (χ2v) is 6.47. The van der Waals surface area contributed by atoms with Crippen LogP contribution in [0.25, 0.3) is 0 Å². The van der Waals surface area contributed by atoms with Crippen molar-refractivity contribution < 1.29 is 23.2 Å². The summed E-state index contributed by atoms with van der Waals surface area (Å²) in [6.07, 6.45) is 0. The molecule has 6 nitrogen and oxygen atoms in total. The normalized spacial score (nSPS) is 10.6. The number of ether oxygens (including phenoxy) is 2. The van der Waals surface area contributed by atoms with Gasteiger partial charge in [-0.05, 0) is 50.2 Å². The third-order valence-corrected chi connectivity index (χ3v) is 4.39. The molecule has 1 N–H and O–H groups in total. The van der Waals surface area contributed by atoms with Crippen molar-refractivity contribution in [3.05, 3.63) is 69.8 Å². The van der Waals surface area contributed by atoms with Crippen molar-refractivity contribution in [2.24, 2.45) is 0 Å². The number of rotatable bonds is 6. The monoisotopic (exact) mass is 404 g/mol. The molecule has 0 bridgehead atoms. The zero-order valence-corrected chi connectivity index (χ0v) is 16.3. The molecule has 0 aliphatic heterocycles. The lowest BCUT2D eigenvalue weighted by atomic mass is 10.1. The van der Waals surface area contributed by atoms with E-state index in [1.165, 1.54) is 31.4 Å². The molecule has 1 heterocycles. The van der Waals surface area contributed by atoms with Gasteiger partial charge in [0, 0.05) is 10.6 Å². The Kier molecular flexibility index (Phi) is 5.84. The summed E-state index contributed by atoms with van der Waals surface area (Å²) in [5.41, 5.74) is 1.87. The number of nitrogens with one attached hydrogen (secondary N) is 1. The standard InChI is InChI=1S/C20H18ClFN2O4/c1-11-15(12(2)28-24-11)10-27-18-7-4-13(8-19(18)26-3)20(25)23-17-9-14(21)5-6-16(17)22/h4-9H,10H2,1-3H3,(H,23,25). The first kappa shape index (κ1) is 19.7. The summed E-state index contributed by atoms with van der Waals surface area (Å²) < 4.78 is 30.0. The number of methoxy groups -OCH3 is 1. The van der Waals surface area contributed by atoms with Crippen LogP contribution in [0.1, 0.15) is 27.4 Å². The van der Waals surface area contributed by atoms with Gasteiger partial charge in [0.15, 0.2) is 11.5 Å². The minimum absolute atomic E-state index is 0.00444. The van der Waals surface area contributed by atoms with E-state index in [2.05, 4.69) is 10.5 Å². The van der Waals surface area contributed by atoms with Crippen LogP contribution >= 0.6 is 11.6 Å². The van der Waals surface area contributed by atoms with E-state index in [1.54, 1.807) is 19.1 Å². The van der Waals surface area contributed by atoms with E-state index in [9.17, 15) is 9.18 Å². The highest BCUT2D eigenvalue weighted by molar-refractivity contribution is 6.31. The molecule has 0 unspecified atom stereocenters. The predicted molar refractivity (Wildman–Crippen MR) is 103 cm³/mol. The Balaban J connectivity index is 1.76. The lowest BCUT2D eigenvalue weighted by molar-refractivity contribution is 0.102. The van der Waals surface area contributed by atoms with E-state index >= 15 is 0 Å². The lowest BCUT2D eigenvalue weighted by Gasteiger charge is -2.12. The molecule has 146 valence electrons. The fraction of sp³-hybridized carbons (Fsp3) is 0.200. The molecule has 0 saturated heterocycles. The van der Waals surface area contributed by atoms with Gasteiger partial charge in [0.05, 0.1) is 24.1 Å². The number of aromatic nitrogens is 1. The molecule has 2 aromatic carbocycles. The van der Waals surface area contributed by atoms with Crippen LogP contribution in [0.5, 0.6) is 11.5 Å². The van der Waals surface area contributed by atoms with Crippen LogP contribution in [-0.4, -0.2) is 18.2 Å². The Hall–Kier alpha value is -3.06. The zero-order chi connectivity index (χ0) is 20.3. The number of carbonyl (C=O) groups is 1. The Morgan fingerprint density at radius 2 is 2.00 bits per heavy atom. The average Bonchev–Trinajstić information content (AvgIpc) is 3.00. The number of anilines is 1. The molecular formula is C20H18ClFN2O4. The molecule has 3 aromatic rings. The van der Waals surface area contributed by atoms with Gasteiger partial charge in [0.2, 0.25) is 0 Å². The Bertz CT molecular complexity index is 1000. The van der Waals surface area contributed by atoms with Gasteiger partial charge in [-0.2, -0.15) is 0 Å². The van der Waals surface area contributed by atoms with Crippen molar-refractivity contribution in [3.8, 4) is 11.5 Å². The fourth-order valence-electron chi connectivity index (χ4n) is 2.57. The number of benzene rings is 2. The molecule has 8 heteroatoms. The largest absolute Gasteiger partial charge is 0.493 e. The third-order valence-electron chi connectivity index (χ3n) is 4.16. The summed E-state index contributed by atoms with van der Waals surface area (Å²) in [6, 6.07) is 8.61. The lowest BCUT2D eigenvalue weighted by Crippen LogP contribution is -2.13. The van der Waals surface area contributed by atoms with Crippen LogP contribution in [0.15, 0.2) is 40.9 Å². The predicted octanol–water partition coefficient (Wildman–Crippen LogP) is 4.92. The Morgan fingerprint density at radius 3 is 2.68 bits per heavy atom. The van der Waals surface area contributed by atoms with Crippen molar-refractivity contribution in [2.45, 2.75) is 20.5 Å². The maximum absolute atomic E-state index is 13.8. The molecule has 3 rings (SSSR count). The molecule has 0 radical (unpaired) electrons. The van der Waals surface area contributed by atoms with E-state index in [4.69, 9.17) is 25.6 Å². The molecule has 0 aliphatic carbocycles. The van der Waals surface area contributed by atoms with Crippen molar-refractivity contribution in [1.82, 2.24) is 5.16 Å². The van der Waals surface area contributed by atoms with Gasteiger partial charge < -0.3 is 19.3 Å². The minimum Gasteiger partial charge on any atom is -0.493 e. The maximum Gasteiger partial charge on any atom is 0.255 e. The zero-order valence-electron chi connectivity index (χ0n) is 15.5. The number of aryl methyl sites for hydroxylation is 2. The first-order valence-corrected chi connectivity index (χ1v) is 8.76. The number of nitrogens with zero attached hydrogens (tertiary/aromatic N) is 1. The Labute approximate surface area is 166 Å². The number of carbonyl (C=O) groups excluding carboxylic acids is 1. The Morgan fingerprint density at radius 1 is 1.21 bits per heavy atom. The van der Waals surface area contributed by atoms with Gasteiger partial charge >= 0.3 is 0 Å². The van der Waals surface area contributed by atoms with Crippen LogP contribution in [0.2, 0.25) is 5.02 Å². The summed E-state index contributed by atoms with van der Waals surface area (Å²) in [5, 5.41) is 6.69. The molecule has 0 atom stereocenters. The smallest absolute Gasteiger partial charge is 0.255 e. The molecule has 0 spiro atoms. The van der Waals surface area contributed by atoms with Gasteiger partial charge in [-0.25, -0.2) is 4.39 Å². The topological polar surface area (TPSA) is 73.6 Å². The quantitative estimate of drug-likeness (QED) is 0.631. The van der Waals surface area contributed by atoms with Gasteiger partial charge in [0.25, 0.3) is 5.91 Å². The van der Waals surface area contributed by atoms with Crippen LogP contribution < -0.4 is 14.8 Å². The number of hydrogen-bond acceptors (Lipinski definition) is 5. The molecule has 0 saturated carbocycles. The van der Waals surface area contributed by atoms with Crippen LogP contribution in [-0.2, 0) is 6.61 Å². The third kappa shape index (κ3) is 4.26. The number of amides is 1. The molecule has 1 amide bonds. The van der Waals surface area contributed by atoms with Gasteiger partial charge in [-0.1, -0.05) is 16.8 Å². The van der Waals surface area contributed by atoms with E-state index in [1.807, 2.05) is 6.92 Å². The molecule has 0 fully saturated rings. The second-order valence-electron chi connectivity index (χ2n) is 6.04. The van der Waals surface area contributed by atoms with Crippen molar-refractivity contribution in [2.75, 3.05) is 12.4 Å². The molecular weight excluding hydrogens is 387 g/mol.